The van der Waals surface area contributed by atoms with Crippen LogP contribution in [0.3, 0.4) is 0 Å². The molecule has 0 bridgehead atoms. The number of benzene rings is 2. The van der Waals surface area contributed by atoms with E-state index in [1.54, 1.807) is 25.3 Å². The number of nitrogens with zero attached hydrogens (tertiary/aromatic N) is 2. The van der Waals surface area contributed by atoms with E-state index in [1.807, 2.05) is 39.0 Å². The number of halogens is 2. The molecule has 0 aliphatic heterocycles. The molecule has 1 amide bonds. The van der Waals surface area contributed by atoms with Gasteiger partial charge in [0.2, 0.25) is 0 Å². The molecule has 1 N–H and O–H groups in total. The Morgan fingerprint density at radius 1 is 1.30 bits per heavy atom. The molecule has 1 unspecified atom stereocenters. The zero-order valence-electron chi connectivity index (χ0n) is 15.5. The third kappa shape index (κ3) is 4.55. The van der Waals surface area contributed by atoms with E-state index in [0.29, 0.717) is 15.8 Å². The number of rotatable bonds is 4. The summed E-state index contributed by atoms with van der Waals surface area (Å²) in [6.45, 7) is 5.86. The van der Waals surface area contributed by atoms with Crippen LogP contribution in [-0.2, 0) is 0 Å². The minimum Gasteiger partial charge on any atom is -0.497 e. The fraction of sp³-hybridized carbons (Fsp3) is 0.300. The molecule has 0 heterocycles. The fourth-order valence-corrected chi connectivity index (χ4v) is 3.80. The minimum absolute atomic E-state index is 0.242. The largest absolute Gasteiger partial charge is 0.497 e. The van der Waals surface area contributed by atoms with Gasteiger partial charge >= 0.3 is 6.09 Å². The summed E-state index contributed by atoms with van der Waals surface area (Å²) < 4.78 is 5.71. The van der Waals surface area contributed by atoms with Crippen molar-refractivity contribution in [2.75, 3.05) is 12.0 Å². The van der Waals surface area contributed by atoms with Crippen LogP contribution >= 0.6 is 27.5 Å². The van der Waals surface area contributed by atoms with Crippen molar-refractivity contribution in [2.24, 2.45) is 5.41 Å². The first-order chi connectivity index (χ1) is 12.6. The second-order valence-corrected chi connectivity index (χ2v) is 8.35. The van der Waals surface area contributed by atoms with E-state index in [9.17, 15) is 15.2 Å². The lowest BCUT2D eigenvalue weighted by Gasteiger charge is -2.39. The van der Waals surface area contributed by atoms with Crippen LogP contribution in [0.1, 0.15) is 37.9 Å². The van der Waals surface area contributed by atoms with Gasteiger partial charge in [-0.2, -0.15) is 5.26 Å². The van der Waals surface area contributed by atoms with E-state index in [0.717, 1.165) is 5.56 Å². The Balaban J connectivity index is 2.69. The summed E-state index contributed by atoms with van der Waals surface area (Å²) in [5.41, 5.74) is 0.918. The zero-order chi connectivity index (χ0) is 20.4. The number of amides is 1. The summed E-state index contributed by atoms with van der Waals surface area (Å²) in [5, 5.41) is 19.6. The molecule has 0 aliphatic rings. The van der Waals surface area contributed by atoms with E-state index in [2.05, 4.69) is 15.9 Å². The Morgan fingerprint density at radius 3 is 2.33 bits per heavy atom. The van der Waals surface area contributed by atoms with Gasteiger partial charge in [0.1, 0.15) is 11.8 Å². The molecule has 0 radical (unpaired) electrons. The second-order valence-electron chi connectivity index (χ2n) is 7.09. The van der Waals surface area contributed by atoms with Crippen molar-refractivity contribution >= 4 is 39.3 Å². The van der Waals surface area contributed by atoms with Crippen molar-refractivity contribution in [1.29, 1.82) is 5.26 Å². The van der Waals surface area contributed by atoms with Crippen LogP contribution in [0.4, 0.5) is 10.5 Å². The Morgan fingerprint density at radius 2 is 1.89 bits per heavy atom. The smallest absolute Gasteiger partial charge is 0.412 e. The highest BCUT2D eigenvalue weighted by Crippen LogP contribution is 2.44. The van der Waals surface area contributed by atoms with Crippen LogP contribution in [0.2, 0.25) is 5.02 Å². The average molecular weight is 452 g/mol. The summed E-state index contributed by atoms with van der Waals surface area (Å²) in [6, 6.07) is 11.8. The van der Waals surface area contributed by atoms with Crippen LogP contribution in [0.5, 0.6) is 5.75 Å². The van der Waals surface area contributed by atoms with Gasteiger partial charge in [-0.3, -0.25) is 4.90 Å². The van der Waals surface area contributed by atoms with E-state index in [1.165, 1.54) is 11.0 Å². The summed E-state index contributed by atoms with van der Waals surface area (Å²) in [6.07, 6.45) is -1.15. The molecule has 1 atom stereocenters. The molecular formula is C20H20BrClN2O3. The molecule has 2 aromatic carbocycles. The Labute approximate surface area is 172 Å². The van der Waals surface area contributed by atoms with Gasteiger partial charge in [0.15, 0.2) is 0 Å². The summed E-state index contributed by atoms with van der Waals surface area (Å²) >= 11 is 9.64. The summed E-state index contributed by atoms with van der Waals surface area (Å²) in [7, 11) is 1.57. The maximum Gasteiger partial charge on any atom is 0.412 e. The van der Waals surface area contributed by atoms with Crippen LogP contribution in [0.25, 0.3) is 0 Å². The quantitative estimate of drug-likeness (QED) is 0.596. The van der Waals surface area contributed by atoms with Crippen LogP contribution < -0.4 is 9.64 Å². The van der Waals surface area contributed by atoms with Gasteiger partial charge in [0, 0.05) is 4.47 Å². The number of methoxy groups -OCH3 is 1. The van der Waals surface area contributed by atoms with Crippen molar-refractivity contribution < 1.29 is 14.6 Å². The lowest BCUT2D eigenvalue weighted by atomic mass is 9.81. The summed E-state index contributed by atoms with van der Waals surface area (Å²) in [4.78, 5) is 13.5. The number of carboxylic acid groups (broad SMARTS) is 1. The topological polar surface area (TPSA) is 73.6 Å². The van der Waals surface area contributed by atoms with Crippen molar-refractivity contribution in [3.63, 3.8) is 0 Å². The zero-order valence-corrected chi connectivity index (χ0v) is 17.8. The van der Waals surface area contributed by atoms with Gasteiger partial charge in [0.05, 0.1) is 29.4 Å². The number of hydrogen-bond acceptors (Lipinski definition) is 3. The molecular weight excluding hydrogens is 432 g/mol. The molecule has 0 saturated heterocycles. The normalized spacial score (nSPS) is 12.2. The third-order valence-corrected chi connectivity index (χ3v) is 5.09. The number of anilines is 1. The fourth-order valence-electron chi connectivity index (χ4n) is 2.98. The predicted molar refractivity (Wildman–Crippen MR) is 110 cm³/mol. The van der Waals surface area contributed by atoms with E-state index in [4.69, 9.17) is 16.3 Å². The lowest BCUT2D eigenvalue weighted by molar-refractivity contribution is 0.189. The average Bonchev–Trinajstić information content (AvgIpc) is 2.59. The van der Waals surface area contributed by atoms with Gasteiger partial charge in [-0.05, 0) is 51.2 Å². The third-order valence-electron chi connectivity index (χ3n) is 4.13. The van der Waals surface area contributed by atoms with Gasteiger partial charge in [-0.15, -0.1) is 0 Å². The van der Waals surface area contributed by atoms with Crippen LogP contribution in [0.15, 0.2) is 40.9 Å². The van der Waals surface area contributed by atoms with Gasteiger partial charge in [0.25, 0.3) is 0 Å². The van der Waals surface area contributed by atoms with E-state index >= 15 is 0 Å². The van der Waals surface area contributed by atoms with Crippen LogP contribution in [-0.4, -0.2) is 18.3 Å². The van der Waals surface area contributed by atoms with Crippen molar-refractivity contribution in [1.82, 2.24) is 0 Å². The van der Waals surface area contributed by atoms with E-state index < -0.39 is 17.6 Å². The first kappa shape index (κ1) is 21.1. The monoisotopic (exact) mass is 450 g/mol. The van der Waals surface area contributed by atoms with Gasteiger partial charge in [-0.25, -0.2) is 4.79 Å². The molecule has 2 aromatic rings. The number of carbonyl (C=O) groups is 1. The SMILES string of the molecule is COc1ccc(C(N(C(=O)O)c2cc(C#N)c(Br)cc2Cl)C(C)(C)C)cc1. The molecule has 0 aliphatic carbocycles. The predicted octanol–water partition coefficient (Wildman–Crippen LogP) is 6.25. The first-order valence-corrected chi connectivity index (χ1v) is 9.32. The maximum atomic E-state index is 12.3. The Bertz CT molecular complexity index is 886. The first-order valence-electron chi connectivity index (χ1n) is 8.15. The lowest BCUT2D eigenvalue weighted by Crippen LogP contribution is -2.40. The standard InChI is InChI=1S/C20H20BrClN2O3/c1-20(2,3)18(12-5-7-14(27-4)8-6-12)24(19(25)26)17-9-13(11-23)15(21)10-16(17)22/h5-10,18H,1-4H3,(H,25,26). The van der Waals surface area contributed by atoms with Crippen LogP contribution in [0, 0.1) is 16.7 Å². The molecule has 0 saturated carbocycles. The highest BCUT2D eigenvalue weighted by molar-refractivity contribution is 9.10. The second kappa shape index (κ2) is 8.20. The Hall–Kier alpha value is -2.23. The highest BCUT2D eigenvalue weighted by atomic mass is 79.9. The van der Waals surface area contributed by atoms with E-state index in [-0.39, 0.29) is 10.7 Å². The number of ether oxygens (including phenoxy) is 1. The number of hydrogen-bond donors (Lipinski definition) is 1. The molecule has 2 rings (SSSR count). The maximum absolute atomic E-state index is 12.3. The number of nitriles is 1. The van der Waals surface area contributed by atoms with Crippen molar-refractivity contribution in [3.8, 4) is 11.8 Å². The van der Waals surface area contributed by atoms with Crippen molar-refractivity contribution in [2.45, 2.75) is 26.8 Å². The molecule has 5 nitrogen and oxygen atoms in total. The minimum atomic E-state index is -1.15. The van der Waals surface area contributed by atoms with Gasteiger partial charge < -0.3 is 9.84 Å². The highest BCUT2D eigenvalue weighted by Gasteiger charge is 2.37. The summed E-state index contributed by atoms with van der Waals surface area (Å²) in [5.74, 6) is 0.682. The molecule has 0 aromatic heterocycles. The Kier molecular flexibility index (Phi) is 6.40. The molecule has 7 heteroatoms. The van der Waals surface area contributed by atoms with Gasteiger partial charge in [-0.1, -0.05) is 44.5 Å². The molecule has 142 valence electrons. The van der Waals surface area contributed by atoms with Crippen molar-refractivity contribution in [3.05, 3.63) is 57.0 Å². The molecule has 27 heavy (non-hydrogen) atoms. The molecule has 0 spiro atoms. The molecule has 0 fully saturated rings.